The standard InChI is InChI=1S/C20H21N3O2S/c1-3-4-11-25-19(24)17-13(2)21-20-22-14-8-5-6-9-15(14)23(20)18(17)16-10-7-12-26-16/h5-10,12,18H,3-4,11H2,1-2H3,(H,21,22). The van der Waals surface area contributed by atoms with E-state index < -0.39 is 0 Å². The van der Waals surface area contributed by atoms with Crippen molar-refractivity contribution in [1.82, 2.24) is 9.55 Å². The summed E-state index contributed by atoms with van der Waals surface area (Å²) in [6.07, 6.45) is 1.86. The van der Waals surface area contributed by atoms with Crippen LogP contribution < -0.4 is 5.32 Å². The number of anilines is 1. The molecule has 6 heteroatoms. The molecule has 0 aliphatic carbocycles. The van der Waals surface area contributed by atoms with Gasteiger partial charge in [-0.2, -0.15) is 0 Å². The molecule has 0 saturated carbocycles. The molecule has 26 heavy (non-hydrogen) atoms. The zero-order valence-electron chi connectivity index (χ0n) is 14.9. The van der Waals surface area contributed by atoms with Crippen LogP contribution in [-0.4, -0.2) is 22.1 Å². The fourth-order valence-corrected chi connectivity index (χ4v) is 4.15. The number of thiophene rings is 1. The van der Waals surface area contributed by atoms with Crippen molar-refractivity contribution in [3.05, 3.63) is 57.9 Å². The normalized spacial score (nSPS) is 16.5. The second-order valence-electron chi connectivity index (χ2n) is 6.37. The van der Waals surface area contributed by atoms with E-state index in [1.54, 1.807) is 11.3 Å². The Labute approximate surface area is 156 Å². The fraction of sp³-hybridized carbons (Fsp3) is 0.300. The van der Waals surface area contributed by atoms with Crippen LogP contribution in [0.2, 0.25) is 0 Å². The van der Waals surface area contributed by atoms with E-state index in [1.165, 1.54) is 0 Å². The summed E-state index contributed by atoms with van der Waals surface area (Å²) in [5.74, 6) is 0.498. The highest BCUT2D eigenvalue weighted by molar-refractivity contribution is 7.10. The topological polar surface area (TPSA) is 56.1 Å². The first-order valence-electron chi connectivity index (χ1n) is 8.86. The molecular weight excluding hydrogens is 346 g/mol. The SMILES string of the molecule is CCCCOC(=O)C1=C(C)Nc2nc3ccccc3n2C1c1cccs1. The zero-order valence-corrected chi connectivity index (χ0v) is 15.7. The molecule has 0 radical (unpaired) electrons. The third kappa shape index (κ3) is 2.80. The highest BCUT2D eigenvalue weighted by Crippen LogP contribution is 2.40. The lowest BCUT2D eigenvalue weighted by Crippen LogP contribution is -2.28. The molecule has 4 rings (SSSR count). The predicted octanol–water partition coefficient (Wildman–Crippen LogP) is 4.73. The predicted molar refractivity (Wildman–Crippen MR) is 104 cm³/mol. The Morgan fingerprint density at radius 2 is 2.15 bits per heavy atom. The molecule has 2 aromatic heterocycles. The number of hydrogen-bond acceptors (Lipinski definition) is 5. The summed E-state index contributed by atoms with van der Waals surface area (Å²) < 4.78 is 7.66. The quantitative estimate of drug-likeness (QED) is 0.523. The van der Waals surface area contributed by atoms with E-state index >= 15 is 0 Å². The first-order valence-corrected chi connectivity index (χ1v) is 9.74. The second kappa shape index (κ2) is 6.96. The van der Waals surface area contributed by atoms with Crippen LogP contribution in [0.4, 0.5) is 5.95 Å². The van der Waals surface area contributed by atoms with Crippen LogP contribution >= 0.6 is 11.3 Å². The van der Waals surface area contributed by atoms with Crippen LogP contribution in [0, 0.1) is 0 Å². The summed E-state index contributed by atoms with van der Waals surface area (Å²) in [6, 6.07) is 11.8. The number of imidazole rings is 1. The minimum absolute atomic E-state index is 0.229. The number of allylic oxidation sites excluding steroid dienone is 1. The lowest BCUT2D eigenvalue weighted by molar-refractivity contribution is -0.139. The Morgan fingerprint density at radius 1 is 1.31 bits per heavy atom. The summed E-state index contributed by atoms with van der Waals surface area (Å²) in [6.45, 7) is 4.44. The third-order valence-corrected chi connectivity index (χ3v) is 5.52. The highest BCUT2D eigenvalue weighted by Gasteiger charge is 2.35. The number of unbranched alkanes of at least 4 members (excludes halogenated alkanes) is 1. The first-order chi connectivity index (χ1) is 12.7. The Bertz CT molecular complexity index is 972. The van der Waals surface area contributed by atoms with Crippen molar-refractivity contribution in [3.63, 3.8) is 0 Å². The summed E-state index contributed by atoms with van der Waals surface area (Å²) in [4.78, 5) is 18.7. The van der Waals surface area contributed by atoms with Crippen molar-refractivity contribution in [2.45, 2.75) is 32.7 Å². The van der Waals surface area contributed by atoms with Gasteiger partial charge in [0, 0.05) is 10.6 Å². The first kappa shape index (κ1) is 16.8. The number of ether oxygens (including phenoxy) is 1. The minimum atomic E-state index is -0.259. The molecule has 0 spiro atoms. The van der Waals surface area contributed by atoms with Gasteiger partial charge in [0.1, 0.15) is 6.04 Å². The van der Waals surface area contributed by atoms with Gasteiger partial charge < -0.3 is 10.1 Å². The maximum Gasteiger partial charge on any atom is 0.338 e. The third-order valence-electron chi connectivity index (χ3n) is 4.59. The molecule has 5 nitrogen and oxygen atoms in total. The molecule has 0 saturated heterocycles. The number of carbonyl (C=O) groups is 1. The van der Waals surface area contributed by atoms with Gasteiger partial charge in [0.05, 0.1) is 23.2 Å². The number of esters is 1. The van der Waals surface area contributed by atoms with Crippen molar-refractivity contribution < 1.29 is 9.53 Å². The van der Waals surface area contributed by atoms with Crippen LogP contribution in [0.25, 0.3) is 11.0 Å². The van der Waals surface area contributed by atoms with Crippen LogP contribution in [0.5, 0.6) is 0 Å². The number of hydrogen-bond donors (Lipinski definition) is 1. The number of fused-ring (bicyclic) bond motifs is 3. The molecule has 0 bridgehead atoms. The average Bonchev–Trinajstić information content (AvgIpc) is 3.28. The number of para-hydroxylation sites is 2. The van der Waals surface area contributed by atoms with Gasteiger partial charge in [-0.3, -0.25) is 4.57 Å². The van der Waals surface area contributed by atoms with Crippen molar-refractivity contribution in [3.8, 4) is 0 Å². The Hall–Kier alpha value is -2.60. The molecule has 0 fully saturated rings. The largest absolute Gasteiger partial charge is 0.462 e. The highest BCUT2D eigenvalue weighted by atomic mass is 32.1. The van der Waals surface area contributed by atoms with E-state index in [2.05, 4.69) is 22.9 Å². The molecule has 3 aromatic rings. The van der Waals surface area contributed by atoms with Crippen LogP contribution in [0.15, 0.2) is 53.0 Å². The van der Waals surface area contributed by atoms with E-state index in [0.717, 1.165) is 40.4 Å². The number of benzene rings is 1. The lowest BCUT2D eigenvalue weighted by atomic mass is 10.0. The maximum atomic E-state index is 12.9. The van der Waals surface area contributed by atoms with Crippen molar-refractivity contribution >= 4 is 34.3 Å². The van der Waals surface area contributed by atoms with Gasteiger partial charge in [0.15, 0.2) is 0 Å². The van der Waals surface area contributed by atoms with Gasteiger partial charge in [-0.05, 0) is 36.9 Å². The number of nitrogens with zero attached hydrogens (tertiary/aromatic N) is 2. The van der Waals surface area contributed by atoms with E-state index in [0.29, 0.717) is 12.2 Å². The zero-order chi connectivity index (χ0) is 18.1. The van der Waals surface area contributed by atoms with E-state index in [1.807, 2.05) is 42.6 Å². The number of carbonyl (C=O) groups excluding carboxylic acids is 1. The Balaban J connectivity index is 1.84. The van der Waals surface area contributed by atoms with E-state index in [-0.39, 0.29) is 12.0 Å². The molecule has 1 atom stereocenters. The molecular formula is C20H21N3O2S. The summed E-state index contributed by atoms with van der Waals surface area (Å²) in [5, 5.41) is 5.33. The smallest absolute Gasteiger partial charge is 0.338 e. The summed E-state index contributed by atoms with van der Waals surface area (Å²) >= 11 is 1.64. The molecule has 1 aromatic carbocycles. The number of nitrogens with one attached hydrogen (secondary N) is 1. The minimum Gasteiger partial charge on any atom is -0.462 e. The van der Waals surface area contributed by atoms with Gasteiger partial charge in [-0.25, -0.2) is 9.78 Å². The second-order valence-corrected chi connectivity index (χ2v) is 7.34. The number of rotatable bonds is 5. The van der Waals surface area contributed by atoms with Crippen LogP contribution in [-0.2, 0) is 9.53 Å². The van der Waals surface area contributed by atoms with Crippen LogP contribution in [0.3, 0.4) is 0 Å². The molecule has 1 aliphatic heterocycles. The van der Waals surface area contributed by atoms with Gasteiger partial charge in [-0.15, -0.1) is 11.3 Å². The monoisotopic (exact) mass is 367 g/mol. The van der Waals surface area contributed by atoms with Gasteiger partial charge >= 0.3 is 5.97 Å². The molecule has 1 aliphatic rings. The molecule has 1 N–H and O–H groups in total. The van der Waals surface area contributed by atoms with Crippen molar-refractivity contribution in [1.29, 1.82) is 0 Å². The van der Waals surface area contributed by atoms with Gasteiger partial charge in [-0.1, -0.05) is 31.5 Å². The van der Waals surface area contributed by atoms with E-state index in [9.17, 15) is 4.79 Å². The van der Waals surface area contributed by atoms with Crippen molar-refractivity contribution in [2.24, 2.45) is 0 Å². The Kier molecular flexibility index (Phi) is 4.51. The molecule has 134 valence electrons. The van der Waals surface area contributed by atoms with Gasteiger partial charge in [0.2, 0.25) is 5.95 Å². The average molecular weight is 367 g/mol. The van der Waals surface area contributed by atoms with Crippen LogP contribution in [0.1, 0.15) is 37.6 Å². The molecule has 0 amide bonds. The molecule has 1 unspecified atom stereocenters. The fourth-order valence-electron chi connectivity index (χ4n) is 3.33. The molecule has 3 heterocycles. The Morgan fingerprint density at radius 3 is 2.92 bits per heavy atom. The summed E-state index contributed by atoms with van der Waals surface area (Å²) in [5.41, 5.74) is 3.36. The van der Waals surface area contributed by atoms with E-state index in [4.69, 9.17) is 9.72 Å². The maximum absolute atomic E-state index is 12.9. The van der Waals surface area contributed by atoms with Crippen molar-refractivity contribution in [2.75, 3.05) is 11.9 Å². The van der Waals surface area contributed by atoms with Gasteiger partial charge in [0.25, 0.3) is 0 Å². The number of aromatic nitrogens is 2. The summed E-state index contributed by atoms with van der Waals surface area (Å²) in [7, 11) is 0. The lowest BCUT2D eigenvalue weighted by Gasteiger charge is -2.29.